The average Bonchev–Trinajstić information content (AvgIpc) is 3.21. The van der Waals surface area contributed by atoms with Crippen LogP contribution in [-0.4, -0.2) is 24.3 Å². The Kier molecular flexibility index (Phi) is 6.01. The molecule has 0 unspecified atom stereocenters. The first-order valence-corrected chi connectivity index (χ1v) is 9.19. The molecule has 0 fully saturated rings. The van der Waals surface area contributed by atoms with Crippen LogP contribution in [0.4, 0.5) is 5.69 Å². The average molecular weight is 400 g/mol. The number of hydrogen-bond donors (Lipinski definition) is 1. The van der Waals surface area contributed by atoms with Crippen molar-refractivity contribution in [3.63, 3.8) is 0 Å². The molecule has 0 bridgehead atoms. The number of Topliss-reactive ketones (excluding diaryl/α,β-unsaturated/α-hetero) is 1. The van der Waals surface area contributed by atoms with Crippen molar-refractivity contribution in [3.05, 3.63) is 87.1 Å². The minimum absolute atomic E-state index is 0.239. The number of ether oxygens (including phenoxy) is 1. The summed E-state index contributed by atoms with van der Waals surface area (Å²) in [6, 6.07) is 16.2. The molecule has 0 atom stereocenters. The van der Waals surface area contributed by atoms with E-state index in [1.54, 1.807) is 60.0 Å². The van der Waals surface area contributed by atoms with E-state index in [1.807, 2.05) is 0 Å². The van der Waals surface area contributed by atoms with Gasteiger partial charge in [0.2, 0.25) is 0 Å². The molecular weight excluding hydrogens is 386 g/mol. The maximum atomic E-state index is 12.2. The van der Waals surface area contributed by atoms with E-state index in [0.717, 1.165) is 0 Å². The molecule has 1 N–H and O–H groups in total. The lowest BCUT2D eigenvalue weighted by molar-refractivity contribution is 0.0474. The minimum Gasteiger partial charge on any atom is -0.454 e. The molecular formula is C20H14ClNO4S. The lowest BCUT2D eigenvalue weighted by atomic mass is 10.1. The molecule has 0 spiro atoms. The third-order valence-corrected chi connectivity index (χ3v) is 4.72. The van der Waals surface area contributed by atoms with Gasteiger partial charge < -0.3 is 10.1 Å². The van der Waals surface area contributed by atoms with E-state index in [2.05, 4.69) is 5.32 Å². The fourth-order valence-corrected chi connectivity index (χ4v) is 3.00. The van der Waals surface area contributed by atoms with Gasteiger partial charge in [-0.2, -0.15) is 0 Å². The van der Waals surface area contributed by atoms with Gasteiger partial charge in [-0.25, -0.2) is 4.79 Å². The third kappa shape index (κ3) is 5.03. The molecule has 27 heavy (non-hydrogen) atoms. The Hall–Kier alpha value is -2.96. The van der Waals surface area contributed by atoms with Gasteiger partial charge in [-0.05, 0) is 53.9 Å². The number of benzene rings is 2. The van der Waals surface area contributed by atoms with Gasteiger partial charge in [-0.1, -0.05) is 23.7 Å². The van der Waals surface area contributed by atoms with Crippen molar-refractivity contribution in [1.29, 1.82) is 0 Å². The van der Waals surface area contributed by atoms with Crippen LogP contribution in [0.1, 0.15) is 30.4 Å². The summed E-state index contributed by atoms with van der Waals surface area (Å²) >= 11 is 7.10. The first-order valence-electron chi connectivity index (χ1n) is 7.94. The molecule has 136 valence electrons. The first-order chi connectivity index (χ1) is 13.0. The number of rotatable bonds is 6. The van der Waals surface area contributed by atoms with E-state index in [4.69, 9.17) is 16.3 Å². The van der Waals surface area contributed by atoms with Gasteiger partial charge in [0.15, 0.2) is 12.4 Å². The summed E-state index contributed by atoms with van der Waals surface area (Å²) in [5.41, 5.74) is 1.11. The highest BCUT2D eigenvalue weighted by atomic mass is 35.5. The summed E-state index contributed by atoms with van der Waals surface area (Å²) in [5.74, 6) is -1.24. The van der Waals surface area contributed by atoms with Gasteiger partial charge in [-0.3, -0.25) is 9.59 Å². The number of ketones is 1. The predicted molar refractivity (Wildman–Crippen MR) is 105 cm³/mol. The van der Waals surface area contributed by atoms with Crippen LogP contribution in [0.2, 0.25) is 5.02 Å². The van der Waals surface area contributed by atoms with E-state index in [0.29, 0.717) is 21.2 Å². The van der Waals surface area contributed by atoms with Crippen LogP contribution in [0.5, 0.6) is 0 Å². The fourth-order valence-electron chi connectivity index (χ4n) is 2.26. The number of carbonyl (C=O) groups is 3. The molecule has 0 saturated carbocycles. The van der Waals surface area contributed by atoms with E-state index in [-0.39, 0.29) is 23.9 Å². The van der Waals surface area contributed by atoms with Gasteiger partial charge in [0.05, 0.1) is 10.4 Å². The normalized spacial score (nSPS) is 10.3. The zero-order valence-electron chi connectivity index (χ0n) is 14.0. The zero-order chi connectivity index (χ0) is 19.2. The number of carbonyl (C=O) groups excluding carboxylic acids is 3. The van der Waals surface area contributed by atoms with Gasteiger partial charge in [-0.15, -0.1) is 11.3 Å². The number of esters is 1. The monoisotopic (exact) mass is 399 g/mol. The van der Waals surface area contributed by atoms with E-state index in [9.17, 15) is 14.4 Å². The van der Waals surface area contributed by atoms with E-state index in [1.165, 1.54) is 17.4 Å². The molecule has 1 aromatic heterocycles. The van der Waals surface area contributed by atoms with Gasteiger partial charge >= 0.3 is 5.97 Å². The highest BCUT2D eigenvalue weighted by molar-refractivity contribution is 7.12. The molecule has 7 heteroatoms. The maximum Gasteiger partial charge on any atom is 0.338 e. The molecule has 1 amide bonds. The Labute approximate surface area is 164 Å². The smallest absolute Gasteiger partial charge is 0.338 e. The van der Waals surface area contributed by atoms with E-state index >= 15 is 0 Å². The summed E-state index contributed by atoms with van der Waals surface area (Å²) < 4.78 is 5.07. The first kappa shape index (κ1) is 18.8. The molecule has 3 aromatic rings. The summed E-state index contributed by atoms with van der Waals surface area (Å²) in [7, 11) is 0. The topological polar surface area (TPSA) is 72.5 Å². The van der Waals surface area contributed by atoms with Crippen molar-refractivity contribution in [2.45, 2.75) is 0 Å². The van der Waals surface area contributed by atoms with Gasteiger partial charge in [0.25, 0.3) is 5.91 Å². The second-order valence-corrected chi connectivity index (χ2v) is 6.90. The molecule has 0 aliphatic carbocycles. The number of halogens is 1. The second kappa shape index (κ2) is 8.62. The summed E-state index contributed by atoms with van der Waals surface area (Å²) in [6.07, 6.45) is 0. The molecule has 1 heterocycles. The summed E-state index contributed by atoms with van der Waals surface area (Å²) in [6.45, 7) is -0.383. The van der Waals surface area contributed by atoms with Crippen LogP contribution in [0.25, 0.3) is 0 Å². The van der Waals surface area contributed by atoms with Crippen LogP contribution in [-0.2, 0) is 4.74 Å². The van der Waals surface area contributed by atoms with Crippen LogP contribution < -0.4 is 5.32 Å². The number of thiophene rings is 1. The van der Waals surface area contributed by atoms with Crippen LogP contribution >= 0.6 is 22.9 Å². The number of nitrogens with one attached hydrogen (secondary N) is 1. The van der Waals surface area contributed by atoms with Crippen molar-refractivity contribution >= 4 is 46.3 Å². The minimum atomic E-state index is -0.649. The number of hydrogen-bond acceptors (Lipinski definition) is 5. The van der Waals surface area contributed by atoms with Gasteiger partial charge in [0.1, 0.15) is 0 Å². The Morgan fingerprint density at radius 2 is 1.74 bits per heavy atom. The summed E-state index contributed by atoms with van der Waals surface area (Å²) in [5, 5.41) is 5.04. The molecule has 2 aromatic carbocycles. The Morgan fingerprint density at radius 3 is 2.44 bits per heavy atom. The molecule has 0 aliphatic heterocycles. The quantitative estimate of drug-likeness (QED) is 0.482. The lowest BCUT2D eigenvalue weighted by Gasteiger charge is -2.07. The Balaban J connectivity index is 1.60. The van der Waals surface area contributed by atoms with Crippen molar-refractivity contribution in [2.75, 3.05) is 11.9 Å². The Morgan fingerprint density at radius 1 is 0.963 bits per heavy atom. The lowest BCUT2D eigenvalue weighted by Crippen LogP contribution is -2.15. The summed E-state index contributed by atoms with van der Waals surface area (Å²) in [4.78, 5) is 36.9. The van der Waals surface area contributed by atoms with Crippen molar-refractivity contribution < 1.29 is 19.1 Å². The second-order valence-electron chi connectivity index (χ2n) is 5.52. The fraction of sp³-hybridized carbons (Fsp3) is 0.0500. The van der Waals surface area contributed by atoms with Crippen LogP contribution in [0, 0.1) is 0 Å². The molecule has 3 rings (SSSR count). The van der Waals surface area contributed by atoms with Crippen molar-refractivity contribution in [3.8, 4) is 0 Å². The number of amides is 1. The molecule has 5 nitrogen and oxygen atoms in total. The van der Waals surface area contributed by atoms with Crippen molar-refractivity contribution in [2.24, 2.45) is 0 Å². The van der Waals surface area contributed by atoms with Gasteiger partial charge in [0, 0.05) is 16.3 Å². The van der Waals surface area contributed by atoms with Crippen LogP contribution in [0.3, 0.4) is 0 Å². The predicted octanol–water partition coefficient (Wildman–Crippen LogP) is 4.69. The SMILES string of the molecule is O=C(COC(=O)c1cccc(NC(=O)c2cccs2)c1)c1ccc(Cl)cc1. The standard InChI is InChI=1S/C20H14ClNO4S/c21-15-8-6-13(7-9-15)17(23)12-26-20(25)14-3-1-4-16(11-14)22-19(24)18-5-2-10-27-18/h1-11H,12H2,(H,22,24). The molecule has 0 saturated heterocycles. The number of anilines is 1. The largest absolute Gasteiger partial charge is 0.454 e. The van der Waals surface area contributed by atoms with Crippen LogP contribution in [0.15, 0.2) is 66.0 Å². The van der Waals surface area contributed by atoms with Crippen molar-refractivity contribution in [1.82, 2.24) is 0 Å². The molecule has 0 radical (unpaired) electrons. The highest BCUT2D eigenvalue weighted by Crippen LogP contribution is 2.16. The Bertz CT molecular complexity index is 968. The molecule has 0 aliphatic rings. The van der Waals surface area contributed by atoms with E-state index < -0.39 is 5.97 Å². The highest BCUT2D eigenvalue weighted by Gasteiger charge is 2.13. The maximum absolute atomic E-state index is 12.2. The third-order valence-electron chi connectivity index (χ3n) is 3.60. The zero-order valence-corrected chi connectivity index (χ0v) is 15.5.